The molecule has 1 saturated heterocycles. The van der Waals surface area contributed by atoms with Gasteiger partial charge >= 0.3 is 0 Å². The van der Waals surface area contributed by atoms with E-state index in [1.165, 1.54) is 61.8 Å². The fraction of sp³-hybridized carbons (Fsp3) is 0.733. The zero-order valence-electron chi connectivity index (χ0n) is 22.0. The van der Waals surface area contributed by atoms with Gasteiger partial charge in [-0.1, -0.05) is 58.3 Å². The lowest BCUT2D eigenvalue weighted by atomic mass is 9.73. The summed E-state index contributed by atoms with van der Waals surface area (Å²) in [6.07, 6.45) is 15.6. The molecule has 2 aliphatic carbocycles. The molecule has 4 heteroatoms. The SMILES string of the molecule is C=C(/C=C1/C=C(OC)N=C(C2C3CCC2CN(CC(=O)C(C)CC)C3)C1CC)C1CCCCC1. The van der Waals surface area contributed by atoms with E-state index in [4.69, 9.17) is 9.73 Å². The molecule has 0 amide bonds. The van der Waals surface area contributed by atoms with Crippen LogP contribution >= 0.6 is 0 Å². The Bertz CT molecular complexity index is 834. The summed E-state index contributed by atoms with van der Waals surface area (Å²) in [5.74, 6) is 3.98. The van der Waals surface area contributed by atoms with Gasteiger partial charge in [-0.2, -0.15) is 0 Å². The van der Waals surface area contributed by atoms with Gasteiger partial charge in [-0.25, -0.2) is 4.99 Å². The topological polar surface area (TPSA) is 41.9 Å². The number of aliphatic imine (C=N–C) groups is 1. The van der Waals surface area contributed by atoms with Gasteiger partial charge < -0.3 is 4.74 Å². The molecular weight excluding hydrogens is 420 g/mol. The highest BCUT2D eigenvalue weighted by molar-refractivity contribution is 5.94. The third-order valence-corrected chi connectivity index (χ3v) is 9.18. The lowest BCUT2D eigenvalue weighted by Gasteiger charge is -2.41. The van der Waals surface area contributed by atoms with E-state index in [1.807, 2.05) is 0 Å². The van der Waals surface area contributed by atoms with Gasteiger partial charge in [-0.3, -0.25) is 9.69 Å². The third-order valence-electron chi connectivity index (χ3n) is 9.18. The van der Waals surface area contributed by atoms with E-state index < -0.39 is 0 Å². The van der Waals surface area contributed by atoms with Gasteiger partial charge in [0.1, 0.15) is 5.78 Å². The molecule has 2 bridgehead atoms. The number of carbonyl (C=O) groups excluding carboxylic acids is 1. The molecule has 2 aliphatic heterocycles. The summed E-state index contributed by atoms with van der Waals surface area (Å²) in [6, 6.07) is 0. The maximum atomic E-state index is 12.6. The smallest absolute Gasteiger partial charge is 0.213 e. The summed E-state index contributed by atoms with van der Waals surface area (Å²) < 4.78 is 5.71. The quantitative estimate of drug-likeness (QED) is 0.385. The number of allylic oxidation sites excluding steroid dienone is 4. The standard InChI is InChI=1S/C30H46N2O2/c1-6-20(3)27(33)19-32-17-23-13-14-24(18-32)29(23)30-26(7-2)25(16-28(31-30)34-5)15-21(4)22-11-9-8-10-12-22/h15-16,20,22-24,26,29H,4,6-14,17-19H2,1-3,5H3/b25-15-. The molecule has 2 saturated carbocycles. The monoisotopic (exact) mass is 466 g/mol. The molecule has 0 radical (unpaired) electrons. The van der Waals surface area contributed by atoms with Crippen LogP contribution < -0.4 is 0 Å². The number of likely N-dealkylation sites (tertiary alicyclic amines) is 1. The zero-order chi connectivity index (χ0) is 24.2. The van der Waals surface area contributed by atoms with Crippen LogP contribution in [0.2, 0.25) is 0 Å². The lowest BCUT2D eigenvalue weighted by molar-refractivity contribution is -0.124. The first-order valence-electron chi connectivity index (χ1n) is 13.9. The average Bonchev–Trinajstić information content (AvgIpc) is 3.13. The molecule has 2 heterocycles. The summed E-state index contributed by atoms with van der Waals surface area (Å²) in [5.41, 5.74) is 3.97. The number of piperidine rings is 1. The van der Waals surface area contributed by atoms with Crippen LogP contribution in [0.1, 0.15) is 78.6 Å². The number of ether oxygens (including phenoxy) is 1. The molecule has 188 valence electrons. The number of ketones is 1. The van der Waals surface area contributed by atoms with Crippen LogP contribution in [0.5, 0.6) is 0 Å². The summed E-state index contributed by atoms with van der Waals surface area (Å²) in [5, 5.41) is 0. The van der Waals surface area contributed by atoms with Gasteiger partial charge in [-0.05, 0) is 61.9 Å². The Morgan fingerprint density at radius 3 is 2.44 bits per heavy atom. The number of hydrogen-bond donors (Lipinski definition) is 0. The van der Waals surface area contributed by atoms with Crippen LogP contribution in [0.25, 0.3) is 0 Å². The molecule has 4 nitrogen and oxygen atoms in total. The van der Waals surface area contributed by atoms with Gasteiger partial charge in [0.05, 0.1) is 13.7 Å². The zero-order valence-corrected chi connectivity index (χ0v) is 22.0. The predicted octanol–water partition coefficient (Wildman–Crippen LogP) is 6.59. The molecule has 0 aromatic heterocycles. The third kappa shape index (κ3) is 5.42. The molecule has 4 atom stereocenters. The van der Waals surface area contributed by atoms with Crippen LogP contribution in [0, 0.1) is 35.5 Å². The van der Waals surface area contributed by atoms with E-state index >= 15 is 0 Å². The molecule has 0 aromatic carbocycles. The number of fused-ring (bicyclic) bond motifs is 2. The van der Waals surface area contributed by atoms with E-state index in [0.29, 0.717) is 41.9 Å². The molecule has 3 fully saturated rings. The summed E-state index contributed by atoms with van der Waals surface area (Å²) in [6.45, 7) is 13.7. The first-order valence-corrected chi connectivity index (χ1v) is 13.9. The van der Waals surface area contributed by atoms with E-state index in [1.54, 1.807) is 7.11 Å². The van der Waals surface area contributed by atoms with Gasteiger partial charge in [0, 0.05) is 42.6 Å². The van der Waals surface area contributed by atoms with E-state index in [0.717, 1.165) is 31.8 Å². The van der Waals surface area contributed by atoms with Gasteiger partial charge in [0.2, 0.25) is 5.88 Å². The second kappa shape index (κ2) is 11.4. The Balaban J connectivity index is 1.53. The second-order valence-corrected chi connectivity index (χ2v) is 11.3. The van der Waals surface area contributed by atoms with Crippen molar-refractivity contribution in [3.05, 3.63) is 35.8 Å². The Hall–Kier alpha value is -1.68. The summed E-state index contributed by atoms with van der Waals surface area (Å²) in [7, 11) is 1.74. The molecule has 4 rings (SSSR count). The highest BCUT2D eigenvalue weighted by Gasteiger charge is 2.47. The summed E-state index contributed by atoms with van der Waals surface area (Å²) >= 11 is 0. The Morgan fingerprint density at radius 1 is 1.18 bits per heavy atom. The minimum Gasteiger partial charge on any atom is -0.481 e. The van der Waals surface area contributed by atoms with Crippen molar-refractivity contribution in [3.63, 3.8) is 0 Å². The van der Waals surface area contributed by atoms with Crippen LogP contribution in [0.15, 0.2) is 40.8 Å². The van der Waals surface area contributed by atoms with Crippen molar-refractivity contribution in [3.8, 4) is 0 Å². The van der Waals surface area contributed by atoms with Crippen molar-refractivity contribution in [2.45, 2.75) is 78.6 Å². The number of methoxy groups -OCH3 is 1. The molecule has 34 heavy (non-hydrogen) atoms. The van der Waals surface area contributed by atoms with Crippen molar-refractivity contribution in [1.82, 2.24) is 4.90 Å². The minimum absolute atomic E-state index is 0.168. The Labute approximate surface area is 207 Å². The minimum atomic E-state index is 0.168. The first-order chi connectivity index (χ1) is 16.4. The average molecular weight is 467 g/mol. The van der Waals surface area contributed by atoms with Crippen molar-refractivity contribution >= 4 is 11.5 Å². The molecule has 0 aromatic rings. The van der Waals surface area contributed by atoms with Crippen molar-refractivity contribution in [1.29, 1.82) is 0 Å². The fourth-order valence-corrected chi connectivity index (χ4v) is 6.99. The van der Waals surface area contributed by atoms with Gasteiger partial charge in [0.15, 0.2) is 0 Å². The maximum absolute atomic E-state index is 12.6. The van der Waals surface area contributed by atoms with E-state index in [-0.39, 0.29) is 5.92 Å². The second-order valence-electron chi connectivity index (χ2n) is 11.3. The Kier molecular flexibility index (Phi) is 8.50. The molecule has 4 aliphatic rings. The number of nitrogens with zero attached hydrogens (tertiary/aromatic N) is 2. The fourth-order valence-electron chi connectivity index (χ4n) is 6.99. The number of hydrogen-bond acceptors (Lipinski definition) is 4. The van der Waals surface area contributed by atoms with E-state index in [9.17, 15) is 4.79 Å². The van der Waals surface area contributed by atoms with Crippen molar-refractivity contribution in [2.75, 3.05) is 26.7 Å². The van der Waals surface area contributed by atoms with Crippen LogP contribution in [-0.4, -0.2) is 43.1 Å². The lowest BCUT2D eigenvalue weighted by Crippen LogP contribution is -2.48. The molecule has 4 unspecified atom stereocenters. The normalized spacial score (nSPS) is 32.3. The molecular formula is C30H46N2O2. The molecule has 0 spiro atoms. The van der Waals surface area contributed by atoms with E-state index in [2.05, 4.69) is 44.4 Å². The molecule has 0 N–H and O–H groups in total. The highest BCUT2D eigenvalue weighted by Crippen LogP contribution is 2.46. The van der Waals surface area contributed by atoms with Crippen LogP contribution in [0.4, 0.5) is 0 Å². The highest BCUT2D eigenvalue weighted by atomic mass is 16.5. The number of Topliss-reactive ketones (excluding diaryl/α,β-unsaturated/α-hetero) is 1. The first kappa shape index (κ1) is 25.4. The van der Waals surface area contributed by atoms with Gasteiger partial charge in [-0.15, -0.1) is 0 Å². The number of rotatable bonds is 9. The van der Waals surface area contributed by atoms with Crippen LogP contribution in [0.3, 0.4) is 0 Å². The summed E-state index contributed by atoms with van der Waals surface area (Å²) in [4.78, 5) is 20.2. The number of carbonyl (C=O) groups is 1. The van der Waals surface area contributed by atoms with Crippen molar-refractivity contribution in [2.24, 2.45) is 40.5 Å². The van der Waals surface area contributed by atoms with Crippen molar-refractivity contribution < 1.29 is 9.53 Å². The Morgan fingerprint density at radius 2 is 1.85 bits per heavy atom. The van der Waals surface area contributed by atoms with Gasteiger partial charge in [0.25, 0.3) is 0 Å². The largest absolute Gasteiger partial charge is 0.481 e. The predicted molar refractivity (Wildman–Crippen MR) is 141 cm³/mol. The maximum Gasteiger partial charge on any atom is 0.213 e. The van der Waals surface area contributed by atoms with Crippen LogP contribution in [-0.2, 0) is 9.53 Å².